The van der Waals surface area contributed by atoms with Gasteiger partial charge in [-0.3, -0.25) is 0 Å². The van der Waals surface area contributed by atoms with Gasteiger partial charge >= 0.3 is 0 Å². The zero-order chi connectivity index (χ0) is 13.9. The van der Waals surface area contributed by atoms with E-state index in [-0.39, 0.29) is 6.10 Å². The molecule has 2 aromatic carbocycles. The highest BCUT2D eigenvalue weighted by atomic mass is 16.5. The second kappa shape index (κ2) is 5.37. The van der Waals surface area contributed by atoms with Crippen LogP contribution in [0.5, 0.6) is 5.75 Å². The fourth-order valence-corrected chi connectivity index (χ4v) is 2.34. The lowest BCUT2D eigenvalue weighted by molar-refractivity contribution is 0.192. The lowest BCUT2D eigenvalue weighted by atomic mass is 10.2. The van der Waals surface area contributed by atoms with E-state index in [1.54, 1.807) is 0 Å². The Morgan fingerprint density at radius 2 is 1.90 bits per heavy atom. The van der Waals surface area contributed by atoms with Crippen molar-refractivity contribution in [2.45, 2.75) is 26.4 Å². The minimum atomic E-state index is -0.0517. The molecule has 0 aliphatic rings. The number of imidazole rings is 1. The van der Waals surface area contributed by atoms with Gasteiger partial charge < -0.3 is 9.72 Å². The predicted octanol–water partition coefficient (Wildman–Crippen LogP) is 4.40. The minimum Gasteiger partial charge on any atom is -0.483 e. The van der Waals surface area contributed by atoms with Gasteiger partial charge in [-0.25, -0.2) is 4.98 Å². The summed E-state index contributed by atoms with van der Waals surface area (Å²) >= 11 is 0. The lowest BCUT2D eigenvalue weighted by Gasteiger charge is -2.15. The fraction of sp³-hybridized carbons (Fsp3) is 0.235. The minimum absolute atomic E-state index is 0.0517. The molecule has 0 aliphatic carbocycles. The number of nitrogens with zero attached hydrogens (tertiary/aromatic N) is 1. The molecular formula is C17H18N2O. The third-order valence-corrected chi connectivity index (χ3v) is 3.43. The van der Waals surface area contributed by atoms with Crippen LogP contribution in [-0.4, -0.2) is 9.97 Å². The van der Waals surface area contributed by atoms with Crippen LogP contribution >= 0.6 is 0 Å². The van der Waals surface area contributed by atoms with E-state index in [1.807, 2.05) is 42.5 Å². The number of hydrogen-bond donors (Lipinski definition) is 1. The fourth-order valence-electron chi connectivity index (χ4n) is 2.34. The van der Waals surface area contributed by atoms with Crippen molar-refractivity contribution in [2.75, 3.05) is 0 Å². The maximum atomic E-state index is 6.03. The highest BCUT2D eigenvalue weighted by Crippen LogP contribution is 2.25. The highest BCUT2D eigenvalue weighted by molar-refractivity contribution is 5.78. The Labute approximate surface area is 118 Å². The molecule has 3 rings (SSSR count). The molecule has 0 bridgehead atoms. The van der Waals surface area contributed by atoms with Gasteiger partial charge in [-0.15, -0.1) is 0 Å². The molecule has 1 atom stereocenters. The Bertz CT molecular complexity index is 703. The van der Waals surface area contributed by atoms with Gasteiger partial charge in [-0.2, -0.15) is 0 Å². The smallest absolute Gasteiger partial charge is 0.156 e. The first kappa shape index (κ1) is 12.7. The number of aryl methyl sites for hydroxylation is 1. The van der Waals surface area contributed by atoms with Gasteiger partial charge in [-0.05, 0) is 37.1 Å². The van der Waals surface area contributed by atoms with E-state index >= 15 is 0 Å². The van der Waals surface area contributed by atoms with Crippen LogP contribution in [0.1, 0.15) is 30.8 Å². The van der Waals surface area contributed by atoms with Crippen LogP contribution in [-0.2, 0) is 0 Å². The van der Waals surface area contributed by atoms with Crippen molar-refractivity contribution in [1.29, 1.82) is 0 Å². The molecule has 3 nitrogen and oxygen atoms in total. The van der Waals surface area contributed by atoms with Crippen molar-refractivity contribution >= 4 is 11.0 Å². The van der Waals surface area contributed by atoms with Crippen LogP contribution in [0.3, 0.4) is 0 Å². The highest BCUT2D eigenvalue weighted by Gasteiger charge is 2.16. The molecule has 20 heavy (non-hydrogen) atoms. The zero-order valence-electron chi connectivity index (χ0n) is 11.8. The quantitative estimate of drug-likeness (QED) is 0.760. The first-order valence-corrected chi connectivity index (χ1v) is 6.95. The van der Waals surface area contributed by atoms with Crippen LogP contribution in [0.15, 0.2) is 48.5 Å². The molecule has 0 spiro atoms. The van der Waals surface area contributed by atoms with Crippen LogP contribution in [0.2, 0.25) is 0 Å². The van der Waals surface area contributed by atoms with Gasteiger partial charge in [0, 0.05) is 0 Å². The summed E-state index contributed by atoms with van der Waals surface area (Å²) < 4.78 is 6.03. The average molecular weight is 266 g/mol. The molecule has 1 heterocycles. The predicted molar refractivity (Wildman–Crippen MR) is 80.9 cm³/mol. The first-order chi connectivity index (χ1) is 9.78. The first-order valence-electron chi connectivity index (χ1n) is 6.95. The zero-order valence-corrected chi connectivity index (χ0v) is 11.8. The molecule has 0 saturated heterocycles. The maximum Gasteiger partial charge on any atom is 0.156 e. The number of nitrogens with one attached hydrogen (secondary N) is 1. The van der Waals surface area contributed by atoms with Crippen molar-refractivity contribution in [3.8, 4) is 5.75 Å². The summed E-state index contributed by atoms with van der Waals surface area (Å²) in [4.78, 5) is 8.07. The molecule has 0 amide bonds. The summed E-state index contributed by atoms with van der Waals surface area (Å²) in [7, 11) is 0. The van der Waals surface area contributed by atoms with Gasteiger partial charge in [0.1, 0.15) is 11.6 Å². The second-order valence-electron chi connectivity index (χ2n) is 4.92. The third kappa shape index (κ3) is 2.39. The molecule has 1 N–H and O–H groups in total. The van der Waals surface area contributed by atoms with E-state index < -0.39 is 0 Å². The van der Waals surface area contributed by atoms with Gasteiger partial charge in [-0.1, -0.05) is 37.3 Å². The topological polar surface area (TPSA) is 37.9 Å². The number of aromatic nitrogens is 2. The standard InChI is InChI=1S/C17H18N2O/c1-3-15(20-13-9-5-4-6-10-13)17-18-14-11-7-8-12(2)16(14)19-17/h4-11,15H,3H2,1-2H3,(H,18,19). The van der Waals surface area contributed by atoms with E-state index in [1.165, 1.54) is 5.56 Å². The lowest BCUT2D eigenvalue weighted by Crippen LogP contribution is -2.08. The Balaban J connectivity index is 1.93. The van der Waals surface area contributed by atoms with Crippen LogP contribution in [0, 0.1) is 6.92 Å². The number of benzene rings is 2. The number of aromatic amines is 1. The number of para-hydroxylation sites is 2. The number of H-pyrrole nitrogens is 1. The van der Waals surface area contributed by atoms with Crippen LogP contribution < -0.4 is 4.74 Å². The van der Waals surface area contributed by atoms with Crippen LogP contribution in [0.25, 0.3) is 11.0 Å². The Kier molecular flexibility index (Phi) is 3.42. The molecule has 0 aliphatic heterocycles. The molecule has 0 radical (unpaired) electrons. The van der Waals surface area contributed by atoms with Crippen molar-refractivity contribution in [2.24, 2.45) is 0 Å². The maximum absolute atomic E-state index is 6.03. The number of rotatable bonds is 4. The van der Waals surface area contributed by atoms with Crippen molar-refractivity contribution in [3.05, 3.63) is 59.9 Å². The van der Waals surface area contributed by atoms with E-state index in [0.29, 0.717) is 0 Å². The molecule has 102 valence electrons. The molecule has 0 fully saturated rings. The molecule has 1 aromatic heterocycles. The summed E-state index contributed by atoms with van der Waals surface area (Å²) in [5, 5.41) is 0. The number of ether oxygens (including phenoxy) is 1. The van der Waals surface area contributed by atoms with Crippen molar-refractivity contribution < 1.29 is 4.74 Å². The monoisotopic (exact) mass is 266 g/mol. The van der Waals surface area contributed by atoms with Crippen molar-refractivity contribution in [1.82, 2.24) is 9.97 Å². The Morgan fingerprint density at radius 3 is 2.60 bits per heavy atom. The third-order valence-electron chi connectivity index (χ3n) is 3.43. The second-order valence-corrected chi connectivity index (χ2v) is 4.92. The van der Waals surface area contributed by atoms with Gasteiger partial charge in [0.25, 0.3) is 0 Å². The number of fused-ring (bicyclic) bond motifs is 1. The SMILES string of the molecule is CCC(Oc1ccccc1)c1nc2c(C)cccc2[nH]1. The summed E-state index contributed by atoms with van der Waals surface area (Å²) in [6, 6.07) is 16.0. The summed E-state index contributed by atoms with van der Waals surface area (Å²) in [6.07, 6.45) is 0.817. The molecule has 3 aromatic rings. The Morgan fingerprint density at radius 1 is 1.10 bits per heavy atom. The average Bonchev–Trinajstić information content (AvgIpc) is 2.91. The van der Waals surface area contributed by atoms with Crippen LogP contribution in [0.4, 0.5) is 0 Å². The van der Waals surface area contributed by atoms with Crippen molar-refractivity contribution in [3.63, 3.8) is 0 Å². The summed E-state index contributed by atoms with van der Waals surface area (Å²) in [5.41, 5.74) is 3.27. The number of hydrogen-bond acceptors (Lipinski definition) is 2. The molecule has 0 saturated carbocycles. The van der Waals surface area contributed by atoms with E-state index in [0.717, 1.165) is 29.0 Å². The largest absolute Gasteiger partial charge is 0.483 e. The van der Waals surface area contributed by atoms with Gasteiger partial charge in [0.05, 0.1) is 11.0 Å². The Hall–Kier alpha value is -2.29. The van der Waals surface area contributed by atoms with Gasteiger partial charge in [0.2, 0.25) is 0 Å². The van der Waals surface area contributed by atoms with E-state index in [4.69, 9.17) is 9.72 Å². The molecule has 3 heteroatoms. The van der Waals surface area contributed by atoms with Gasteiger partial charge in [0.15, 0.2) is 6.10 Å². The summed E-state index contributed by atoms with van der Waals surface area (Å²) in [5.74, 6) is 1.76. The molecule has 1 unspecified atom stereocenters. The molecular weight excluding hydrogens is 248 g/mol. The van der Waals surface area contributed by atoms with E-state index in [9.17, 15) is 0 Å². The van der Waals surface area contributed by atoms with E-state index in [2.05, 4.69) is 24.9 Å². The normalized spacial score (nSPS) is 12.5. The summed E-state index contributed by atoms with van der Waals surface area (Å²) in [6.45, 7) is 4.18.